The minimum Gasteiger partial charge on any atom is -0.870 e. The van der Waals surface area contributed by atoms with Gasteiger partial charge in [0.2, 0.25) is 0 Å². The van der Waals surface area contributed by atoms with Crippen LogP contribution < -0.4 is 52.0 Å². The first kappa shape index (κ1) is 91.7. The number of para-hydroxylation sites is 6. The van der Waals surface area contributed by atoms with Crippen molar-refractivity contribution in [1.29, 1.82) is 0 Å². The van der Waals surface area contributed by atoms with E-state index in [1.165, 1.54) is 188 Å². The SMILES string of the molecule is COC(=O)[C@@H](Cc1nc2ccccc2n(C2C[C@H]3CC[C@@H](C2)N3C2CCCCCCC2)c1=O)c1ccccc1.COC(=O)[C@@H](N)c1ccccc1.Cl.O=C(O)[C@@H](Cc1nc2ccccc2n(C2C[C@H]3CC[C@@H](C2)N3C2CCCCCCC2)c1=O)c1ccccc1.O=c1c(Cl)nc2ccccc2n1C1C[C@H]2CC[C@@H](C1)N2C1CCCCCCC1.[Na+].[OH-]. The Morgan fingerprint density at radius 1 is 0.375 bits per heavy atom. The van der Waals surface area contributed by atoms with Gasteiger partial charge in [0.25, 0.3) is 16.7 Å². The van der Waals surface area contributed by atoms with E-state index in [0.29, 0.717) is 65.3 Å². The summed E-state index contributed by atoms with van der Waals surface area (Å²) in [4.78, 5) is 99.7. The zero-order valence-electron chi connectivity index (χ0n) is 70.5. The topological polar surface area (TPSA) is 260 Å². The molecule has 6 aliphatic heterocycles. The second-order valence-electron chi connectivity index (χ2n) is 35.0. The molecule has 6 bridgehead atoms. The van der Waals surface area contributed by atoms with Crippen molar-refractivity contribution in [2.45, 2.75) is 315 Å². The summed E-state index contributed by atoms with van der Waals surface area (Å²) >= 11 is 6.23. The Bertz CT molecular complexity index is 4980. The number of carbonyl (C=O) groups is 3. The molecule has 0 amide bonds. The first-order valence-electron chi connectivity index (χ1n) is 44.5. The number of hydrogen-bond donors (Lipinski definition) is 2. The molecule has 6 aromatic carbocycles. The fourth-order valence-corrected chi connectivity index (χ4v) is 22.7. The Morgan fingerprint density at radius 3 is 0.975 bits per heavy atom. The van der Waals surface area contributed by atoms with Gasteiger partial charge in [0.05, 0.1) is 59.2 Å². The number of benzene rings is 6. The second kappa shape index (κ2) is 43.7. The number of methoxy groups -OCH3 is 2. The van der Waals surface area contributed by atoms with Gasteiger partial charge >= 0.3 is 47.5 Å². The second-order valence-corrected chi connectivity index (χ2v) is 35.3. The predicted octanol–water partition coefficient (Wildman–Crippen LogP) is 15.7. The van der Waals surface area contributed by atoms with Gasteiger partial charge in [0, 0.05) is 85.3 Å². The van der Waals surface area contributed by atoms with E-state index in [1.54, 1.807) is 12.1 Å². The van der Waals surface area contributed by atoms with Crippen LogP contribution in [0.5, 0.6) is 0 Å². The first-order valence-corrected chi connectivity index (χ1v) is 44.9. The third kappa shape index (κ3) is 21.1. The number of hydrogen-bond acceptors (Lipinski definition) is 16. The third-order valence-electron chi connectivity index (χ3n) is 28.0. The van der Waals surface area contributed by atoms with Crippen molar-refractivity contribution in [2.24, 2.45) is 5.73 Å². The Balaban J connectivity index is 0.000000154. The molecule has 12 atom stereocenters. The van der Waals surface area contributed by atoms with E-state index in [-0.39, 0.29) is 106 Å². The van der Waals surface area contributed by atoms with E-state index < -0.39 is 29.8 Å². The minimum absolute atomic E-state index is 0. The normalized spacial score (nSPS) is 24.4. The molecule has 3 aromatic heterocycles. The maximum Gasteiger partial charge on any atom is 1.00 e. The van der Waals surface area contributed by atoms with Gasteiger partial charge in [-0.05, 0) is 169 Å². The molecule has 9 aliphatic rings. The molecule has 9 aromatic rings. The van der Waals surface area contributed by atoms with E-state index in [1.807, 2.05) is 165 Å². The van der Waals surface area contributed by atoms with Gasteiger partial charge in [-0.2, -0.15) is 0 Å². The fraction of sp³-hybridized carbons (Fsp3) is 0.536. The summed E-state index contributed by atoms with van der Waals surface area (Å²) in [5, 5.41) is 10.1. The Morgan fingerprint density at radius 2 is 0.650 bits per heavy atom. The van der Waals surface area contributed by atoms with Gasteiger partial charge in [-0.1, -0.05) is 235 Å². The van der Waals surface area contributed by atoms with E-state index in [9.17, 15) is 33.9 Å². The van der Waals surface area contributed by atoms with Crippen LogP contribution in [0.2, 0.25) is 5.15 Å². The Hall–Kier alpha value is -7.47. The van der Waals surface area contributed by atoms with E-state index in [2.05, 4.69) is 24.4 Å². The average molecular weight is 1680 g/mol. The van der Waals surface area contributed by atoms with Crippen molar-refractivity contribution in [3.8, 4) is 0 Å². The fourth-order valence-electron chi connectivity index (χ4n) is 22.6. The number of rotatable bonds is 16. The van der Waals surface area contributed by atoms with Crippen LogP contribution in [0.4, 0.5) is 0 Å². The van der Waals surface area contributed by atoms with Gasteiger partial charge in [0.15, 0.2) is 5.15 Å². The molecule has 120 heavy (non-hydrogen) atoms. The van der Waals surface area contributed by atoms with Crippen LogP contribution >= 0.6 is 24.0 Å². The Kier molecular flexibility index (Phi) is 33.4. The van der Waals surface area contributed by atoms with Crippen molar-refractivity contribution in [2.75, 3.05) is 14.2 Å². The zero-order chi connectivity index (χ0) is 80.9. The number of esters is 2. The maximum atomic E-state index is 14.2. The van der Waals surface area contributed by atoms with Crippen molar-refractivity contribution in [3.05, 3.63) is 228 Å². The molecular weight excluding hydrogens is 1560 g/mol. The standard InChI is InChI=1S/C33H41N3O3.C32H39N3O3.C23H30ClN3O.C9H11NO2.ClH.Na.H2O/c1-39-33(38)28(23-12-6-5-7-13-23)22-30-32(37)36(31-17-11-10-16-29(31)34-30)27-20-25-18-19-26(21-27)35(25)24-14-8-3-2-4-9-15-24;36-31-29(21-27(32(37)38)22-11-5-4-6-12-22)33-28-15-9-10-16-30(28)35(31)26-19-24-17-18-25(20-26)34(24)23-13-7-2-1-3-8-14-23;24-22-23(28)27(21-11-7-6-10-20(21)25-22)19-14-17-12-13-18(15-19)26(17)16-8-4-2-1-3-5-9-16;1-12-9(11)8(10)7-5-3-2-4-6-7;;;/h5-7,10-13,16-17,24-28H,2-4,8-9,14-15,18-22H2,1H3;4-6,9-12,15-16,23-27H,1-3,7-8,13-14,17-21H2,(H,37,38);6-7,10-11,16-19H,1-5,8-9,12-15H2;2-6,8H,10H2,1H3;1H;;1H2/q;;;;;+1;/p-1/t25-,26+,27?,28-;24-,25+,26?,27-;17-,18+,19?;8-;;;/m00.0.../s1. The molecule has 636 valence electrons. The smallest absolute Gasteiger partial charge is 0.870 e. The zero-order valence-corrected chi connectivity index (χ0v) is 74.1. The molecule has 4 N–H and O–H groups in total. The number of fused-ring (bicyclic) bond motifs is 9. The van der Waals surface area contributed by atoms with Gasteiger partial charge < -0.3 is 39.5 Å². The van der Waals surface area contributed by atoms with Gasteiger partial charge in [-0.25, -0.2) is 15.0 Å². The number of nitrogens with zero attached hydrogens (tertiary/aromatic N) is 9. The monoisotopic (exact) mass is 1680 g/mol. The van der Waals surface area contributed by atoms with Gasteiger partial charge in [0.1, 0.15) is 17.4 Å². The van der Waals surface area contributed by atoms with Crippen LogP contribution in [0.1, 0.15) is 276 Å². The number of aliphatic carboxylic acids is 1. The van der Waals surface area contributed by atoms with Crippen molar-refractivity contribution in [1.82, 2.24) is 43.4 Å². The number of aromatic nitrogens is 6. The van der Waals surface area contributed by atoms with E-state index >= 15 is 0 Å². The largest absolute Gasteiger partial charge is 1.00 e. The minimum atomic E-state index is -0.928. The summed E-state index contributed by atoms with van der Waals surface area (Å²) in [5.41, 5.74) is 13.5. The number of ether oxygens (including phenoxy) is 2. The van der Waals surface area contributed by atoms with Crippen molar-refractivity contribution >= 4 is 75.0 Å². The van der Waals surface area contributed by atoms with Gasteiger partial charge in [-0.15, -0.1) is 12.4 Å². The number of carboxylic acids is 1. The van der Waals surface area contributed by atoms with Crippen molar-refractivity contribution < 1.29 is 64.0 Å². The van der Waals surface area contributed by atoms with Crippen LogP contribution in [0.15, 0.2) is 178 Å². The quantitative estimate of drug-likeness (QED) is 0.0673. The summed E-state index contributed by atoms with van der Waals surface area (Å²) in [6.45, 7) is 0. The number of carbonyl (C=O) groups excluding carboxylic acids is 2. The molecule has 20 nitrogen and oxygen atoms in total. The molecule has 3 aliphatic carbocycles. The van der Waals surface area contributed by atoms with Crippen molar-refractivity contribution in [3.63, 3.8) is 0 Å². The summed E-state index contributed by atoms with van der Waals surface area (Å²) in [5.74, 6) is -3.05. The van der Waals surface area contributed by atoms with E-state index in [4.69, 9.17) is 32.0 Å². The number of halogens is 2. The summed E-state index contributed by atoms with van der Waals surface area (Å²) in [6.07, 6.45) is 42.6. The summed E-state index contributed by atoms with van der Waals surface area (Å²) in [6, 6.07) is 57.1. The molecule has 0 radical (unpaired) electrons. The summed E-state index contributed by atoms with van der Waals surface area (Å²) in [7, 11) is 2.73. The first-order chi connectivity index (χ1) is 57.2. The third-order valence-corrected chi connectivity index (χ3v) is 28.2. The number of carboxylic acid groups (broad SMARTS) is 1. The van der Waals surface area contributed by atoms with Crippen LogP contribution in [0.25, 0.3) is 33.1 Å². The molecule has 18 rings (SSSR count). The maximum absolute atomic E-state index is 14.2. The summed E-state index contributed by atoms with van der Waals surface area (Å²) < 4.78 is 15.6. The van der Waals surface area contributed by atoms with Gasteiger partial charge in [-0.3, -0.25) is 43.5 Å². The number of nitrogens with two attached hydrogens (primary N) is 1. The molecule has 23 heteroatoms. The van der Waals surface area contributed by atoms with Crippen LogP contribution in [0, 0.1) is 0 Å². The molecule has 3 saturated carbocycles. The molecule has 9 heterocycles. The molecule has 0 spiro atoms. The molecule has 3 unspecified atom stereocenters. The van der Waals surface area contributed by atoms with Crippen LogP contribution in [-0.4, -0.2) is 140 Å². The average Bonchev–Trinajstić information content (AvgIpc) is 1.36. The molecule has 9 fully saturated rings. The van der Waals surface area contributed by atoms with Crippen LogP contribution in [0.3, 0.4) is 0 Å². The predicted molar refractivity (Wildman–Crippen MR) is 472 cm³/mol. The van der Waals surface area contributed by atoms with E-state index in [0.717, 1.165) is 88.8 Å². The number of piperidine rings is 3. The van der Waals surface area contributed by atoms with Crippen LogP contribution in [-0.2, 0) is 36.7 Å². The Labute approximate surface area is 740 Å². The molecular formula is C97H123Cl2N10NaO10. The molecule has 6 saturated heterocycles.